The molecule has 2 amide bonds. The summed E-state index contributed by atoms with van der Waals surface area (Å²) in [4.78, 5) is 43.9. The van der Waals surface area contributed by atoms with Crippen LogP contribution in [0.15, 0.2) is 77.8 Å². The number of carbonyl (C=O) groups is 2. The average Bonchev–Trinajstić information content (AvgIpc) is 3.41. The fourth-order valence-corrected chi connectivity index (χ4v) is 7.46. The molecule has 2 aromatic heterocycles. The number of piperazine rings is 1. The van der Waals surface area contributed by atoms with Crippen molar-refractivity contribution >= 4 is 39.5 Å². The van der Waals surface area contributed by atoms with Crippen molar-refractivity contribution in [3.63, 3.8) is 0 Å². The summed E-state index contributed by atoms with van der Waals surface area (Å²) in [5.41, 5.74) is 5.71. The fourth-order valence-electron chi connectivity index (χ4n) is 6.89. The van der Waals surface area contributed by atoms with Crippen LogP contribution in [-0.4, -0.2) is 79.1 Å². The Bertz CT molecular complexity index is 1740. The molecule has 1 fully saturated rings. The molecule has 0 N–H and O–H groups in total. The van der Waals surface area contributed by atoms with E-state index in [-0.39, 0.29) is 11.9 Å². The van der Waals surface area contributed by atoms with Crippen LogP contribution in [0.5, 0.6) is 0 Å². The molecule has 2 unspecified atom stereocenters. The maximum atomic E-state index is 14.9. The molecule has 3 heterocycles. The van der Waals surface area contributed by atoms with E-state index in [0.717, 1.165) is 58.4 Å². The second-order valence-corrected chi connectivity index (χ2v) is 15.3. The van der Waals surface area contributed by atoms with Crippen LogP contribution in [0.4, 0.5) is 4.79 Å². The Morgan fingerprint density at radius 1 is 1.04 bits per heavy atom. The van der Waals surface area contributed by atoms with E-state index in [2.05, 4.69) is 42.5 Å². The Kier molecular flexibility index (Phi) is 10.8. The Morgan fingerprint density at radius 2 is 1.82 bits per heavy atom. The molecule has 1 saturated heterocycles. The number of imidazole rings is 1. The number of aromatic nitrogens is 3. The molecule has 49 heavy (non-hydrogen) atoms. The van der Waals surface area contributed by atoms with Crippen molar-refractivity contribution in [3.05, 3.63) is 116 Å². The third kappa shape index (κ3) is 8.53. The second-order valence-electron chi connectivity index (χ2n) is 14.0. The highest BCUT2D eigenvalue weighted by atomic mass is 79.9. The van der Waals surface area contributed by atoms with Crippen molar-refractivity contribution in [2.24, 2.45) is 0 Å². The highest BCUT2D eigenvalue weighted by Crippen LogP contribution is 2.39. The molecule has 258 valence electrons. The first-order valence-electron chi connectivity index (χ1n) is 16.9. The Hall–Kier alpha value is -3.73. The maximum absolute atomic E-state index is 14.9. The van der Waals surface area contributed by atoms with Crippen LogP contribution in [0.2, 0.25) is 5.02 Å². The molecular formula is C38H44BrClN6O3. The van der Waals surface area contributed by atoms with Crippen molar-refractivity contribution < 1.29 is 14.3 Å². The smallest absolute Gasteiger partial charge is 0.411 e. The molecule has 2 aliphatic rings. The van der Waals surface area contributed by atoms with Gasteiger partial charge in [-0.25, -0.2) is 9.78 Å². The largest absolute Gasteiger partial charge is 0.444 e. The third-order valence-electron chi connectivity index (χ3n) is 9.11. The molecule has 0 bridgehead atoms. The van der Waals surface area contributed by atoms with Crippen LogP contribution in [0.1, 0.15) is 66.9 Å². The highest BCUT2D eigenvalue weighted by molar-refractivity contribution is 9.10. The van der Waals surface area contributed by atoms with Crippen molar-refractivity contribution in [2.45, 2.75) is 77.7 Å². The lowest BCUT2D eigenvalue weighted by Gasteiger charge is -2.45. The summed E-state index contributed by atoms with van der Waals surface area (Å²) in [6.07, 6.45) is 7.59. The van der Waals surface area contributed by atoms with E-state index < -0.39 is 17.7 Å². The molecule has 11 heteroatoms. The van der Waals surface area contributed by atoms with Gasteiger partial charge in [-0.15, -0.1) is 0 Å². The minimum atomic E-state index is -0.763. The first kappa shape index (κ1) is 35.1. The van der Waals surface area contributed by atoms with E-state index >= 15 is 0 Å². The molecular weight excluding hydrogens is 704 g/mol. The van der Waals surface area contributed by atoms with Crippen molar-refractivity contribution in [3.8, 4) is 0 Å². The number of rotatable bonds is 8. The lowest BCUT2D eigenvalue weighted by molar-refractivity contribution is -0.140. The number of nitrogens with zero attached hydrogens (tertiary/aromatic N) is 6. The molecule has 9 nitrogen and oxygen atoms in total. The Labute approximate surface area is 302 Å². The number of amides is 2. The number of fused-ring (bicyclic) bond motifs is 2. The first-order valence-corrected chi connectivity index (χ1v) is 18.1. The van der Waals surface area contributed by atoms with Gasteiger partial charge in [0, 0.05) is 61.2 Å². The number of hydrogen-bond acceptors (Lipinski definition) is 6. The maximum Gasteiger partial charge on any atom is 0.411 e. The van der Waals surface area contributed by atoms with Crippen LogP contribution >= 0.6 is 27.5 Å². The Morgan fingerprint density at radius 3 is 2.55 bits per heavy atom. The molecule has 2 aromatic carbocycles. The van der Waals surface area contributed by atoms with Crippen LogP contribution in [0.3, 0.4) is 0 Å². The molecule has 0 radical (unpaired) electrons. The average molecular weight is 748 g/mol. The Balaban J connectivity index is 1.35. The van der Waals surface area contributed by atoms with E-state index in [1.165, 1.54) is 5.56 Å². The van der Waals surface area contributed by atoms with E-state index in [1.54, 1.807) is 4.90 Å². The van der Waals surface area contributed by atoms with Crippen LogP contribution < -0.4 is 0 Å². The SMILES string of the molecule is Cc1cn(CCCN(Cc2ccccc2)C(=O)C2CN(C3c4ccc(Cl)cc4CCc4cc(Br)cnc43)CCN2C(=O)OC(C)(C)C)cn1. The number of carbonyl (C=O) groups excluding carboxylic acids is 2. The lowest BCUT2D eigenvalue weighted by Crippen LogP contribution is -2.62. The summed E-state index contributed by atoms with van der Waals surface area (Å²) in [5, 5.41) is 0.697. The van der Waals surface area contributed by atoms with Crippen LogP contribution in [0.25, 0.3) is 0 Å². The summed E-state index contributed by atoms with van der Waals surface area (Å²) < 4.78 is 8.87. The first-order chi connectivity index (χ1) is 23.4. The van der Waals surface area contributed by atoms with E-state index in [0.29, 0.717) is 37.7 Å². The zero-order valence-corrected chi connectivity index (χ0v) is 31.0. The van der Waals surface area contributed by atoms with Gasteiger partial charge >= 0.3 is 6.09 Å². The summed E-state index contributed by atoms with van der Waals surface area (Å²) in [7, 11) is 0. The van der Waals surface area contributed by atoms with Gasteiger partial charge in [0.2, 0.25) is 5.91 Å². The summed E-state index contributed by atoms with van der Waals surface area (Å²) in [5.74, 6) is -0.102. The van der Waals surface area contributed by atoms with Crippen molar-refractivity contribution in [1.82, 2.24) is 29.2 Å². The number of pyridine rings is 1. The quantitative estimate of drug-likeness (QED) is 0.189. The number of ether oxygens (including phenoxy) is 1. The zero-order valence-electron chi connectivity index (χ0n) is 28.6. The van der Waals surface area contributed by atoms with Gasteiger partial charge in [0.15, 0.2) is 0 Å². The monoisotopic (exact) mass is 746 g/mol. The topological polar surface area (TPSA) is 83.8 Å². The van der Waals surface area contributed by atoms with Gasteiger partial charge in [-0.3, -0.25) is 19.6 Å². The van der Waals surface area contributed by atoms with E-state index in [1.807, 2.05) is 93.8 Å². The summed E-state index contributed by atoms with van der Waals surface area (Å²) >= 11 is 10.1. The van der Waals surface area contributed by atoms with E-state index in [9.17, 15) is 9.59 Å². The molecule has 4 aromatic rings. The van der Waals surface area contributed by atoms with E-state index in [4.69, 9.17) is 21.3 Å². The molecule has 2 atom stereocenters. The highest BCUT2D eigenvalue weighted by Gasteiger charge is 2.43. The van der Waals surface area contributed by atoms with Crippen molar-refractivity contribution in [1.29, 1.82) is 0 Å². The molecule has 6 rings (SSSR count). The minimum absolute atomic E-state index is 0.102. The molecule has 0 spiro atoms. The molecule has 0 saturated carbocycles. The number of halogens is 2. The summed E-state index contributed by atoms with van der Waals surface area (Å²) in [6.45, 7) is 10.4. The standard InChI is InChI=1S/C38H44BrClN6O3/c1-26-22-43(25-42-26)15-8-16-45(23-27-9-6-5-7-10-27)36(47)33-24-44(17-18-46(33)37(48)49-38(2,3)4)35-32-14-13-31(40)20-28(32)11-12-29-19-30(39)21-41-34(29)35/h5-7,9-10,13-14,19-22,25,33,35H,8,11-12,15-18,23-24H2,1-4H3. The van der Waals surface area contributed by atoms with Gasteiger partial charge in [0.25, 0.3) is 0 Å². The molecule has 1 aliphatic heterocycles. The number of hydrogen-bond donors (Lipinski definition) is 0. The van der Waals surface area contributed by atoms with Gasteiger partial charge in [-0.05, 0) is 103 Å². The van der Waals surface area contributed by atoms with Gasteiger partial charge in [-0.2, -0.15) is 0 Å². The second kappa shape index (κ2) is 15.0. The van der Waals surface area contributed by atoms with Gasteiger partial charge < -0.3 is 14.2 Å². The third-order valence-corrected chi connectivity index (χ3v) is 9.78. The lowest BCUT2D eigenvalue weighted by atomic mass is 9.95. The summed E-state index contributed by atoms with van der Waals surface area (Å²) in [6, 6.07) is 17.3. The predicted molar refractivity (Wildman–Crippen MR) is 194 cm³/mol. The predicted octanol–water partition coefficient (Wildman–Crippen LogP) is 7.23. The number of aryl methyl sites for hydroxylation is 4. The molecule has 1 aliphatic carbocycles. The van der Waals surface area contributed by atoms with Crippen molar-refractivity contribution in [2.75, 3.05) is 26.2 Å². The van der Waals surface area contributed by atoms with Gasteiger partial charge in [0.05, 0.1) is 23.8 Å². The number of benzene rings is 2. The van der Waals surface area contributed by atoms with Gasteiger partial charge in [-0.1, -0.05) is 48.0 Å². The van der Waals surface area contributed by atoms with Gasteiger partial charge in [0.1, 0.15) is 11.6 Å². The zero-order chi connectivity index (χ0) is 34.7. The fraction of sp³-hybridized carbons (Fsp3) is 0.421. The minimum Gasteiger partial charge on any atom is -0.444 e. The normalized spacial score (nSPS) is 18.0. The van der Waals surface area contributed by atoms with Crippen LogP contribution in [-0.2, 0) is 35.5 Å². The van der Waals surface area contributed by atoms with Crippen LogP contribution in [0, 0.1) is 6.92 Å².